The molecule has 38 heavy (non-hydrogen) atoms. The molecule has 1 heterocycles. The van der Waals surface area contributed by atoms with E-state index in [1.807, 2.05) is 20.8 Å². The van der Waals surface area contributed by atoms with Gasteiger partial charge >= 0.3 is 5.97 Å². The predicted molar refractivity (Wildman–Crippen MR) is 144 cm³/mol. The van der Waals surface area contributed by atoms with Crippen molar-refractivity contribution in [3.8, 4) is 5.75 Å². The molecule has 0 atom stereocenters. The molecule has 0 aliphatic rings. The normalized spacial score (nSPS) is 10.4. The van der Waals surface area contributed by atoms with Crippen LogP contribution in [0.3, 0.4) is 0 Å². The first-order chi connectivity index (χ1) is 18.1. The maximum atomic E-state index is 13.9. The van der Waals surface area contributed by atoms with E-state index in [4.69, 9.17) is 0 Å². The summed E-state index contributed by atoms with van der Waals surface area (Å²) in [6.07, 6.45) is 6.28. The van der Waals surface area contributed by atoms with Crippen LogP contribution in [0.4, 0.5) is 27.8 Å². The molecule has 0 aliphatic carbocycles. The third-order valence-corrected chi connectivity index (χ3v) is 5.99. The van der Waals surface area contributed by atoms with Crippen LogP contribution < -0.4 is 15.4 Å². The van der Waals surface area contributed by atoms with Gasteiger partial charge in [0.2, 0.25) is 34.8 Å². The van der Waals surface area contributed by atoms with Crippen molar-refractivity contribution in [1.82, 2.24) is 10.3 Å². The van der Waals surface area contributed by atoms with Gasteiger partial charge in [0.15, 0.2) is 10.7 Å². The van der Waals surface area contributed by atoms with Crippen molar-refractivity contribution >= 4 is 23.1 Å². The van der Waals surface area contributed by atoms with E-state index >= 15 is 0 Å². The summed E-state index contributed by atoms with van der Waals surface area (Å²) in [6.45, 7) is 16.1. The molecule has 2 rings (SSSR count). The molecule has 1 aromatic heterocycles. The Kier molecular flexibility index (Phi) is 18.6. The number of hydrogen-bond acceptors (Lipinski definition) is 6. The number of benzene rings is 1. The Bertz CT molecular complexity index is 940. The van der Waals surface area contributed by atoms with E-state index in [9.17, 15) is 26.7 Å². The average molecular weight is 568 g/mol. The van der Waals surface area contributed by atoms with Crippen molar-refractivity contribution in [2.75, 3.05) is 18.4 Å². The Labute approximate surface area is 227 Å². The molecule has 0 fully saturated rings. The van der Waals surface area contributed by atoms with Crippen LogP contribution >= 0.6 is 11.3 Å². The highest BCUT2D eigenvalue weighted by Gasteiger charge is 2.30. The Morgan fingerprint density at radius 2 is 1.42 bits per heavy atom. The first-order valence-corrected chi connectivity index (χ1v) is 14.1. The average Bonchev–Trinajstić information content (AvgIpc) is 3.32. The first kappa shape index (κ1) is 35.7. The number of thiazole rings is 1. The summed E-state index contributed by atoms with van der Waals surface area (Å²) in [7, 11) is 0. The molecule has 0 unspecified atom stereocenters. The van der Waals surface area contributed by atoms with Crippen molar-refractivity contribution in [2.45, 2.75) is 93.5 Å². The molecule has 0 saturated carbocycles. The summed E-state index contributed by atoms with van der Waals surface area (Å²) in [5.41, 5.74) is 0. The summed E-state index contributed by atoms with van der Waals surface area (Å²) in [5, 5.41) is 6.67. The van der Waals surface area contributed by atoms with Crippen molar-refractivity contribution in [3.63, 3.8) is 0 Å². The molecule has 2 aromatic rings. The van der Waals surface area contributed by atoms with Gasteiger partial charge in [-0.05, 0) is 31.7 Å². The summed E-state index contributed by atoms with van der Waals surface area (Å²) in [4.78, 5) is 16.8. The molecule has 218 valence electrons. The second kappa shape index (κ2) is 19.7. The van der Waals surface area contributed by atoms with Crippen LogP contribution in [0.1, 0.15) is 102 Å². The zero-order valence-corrected chi connectivity index (χ0v) is 24.3. The van der Waals surface area contributed by atoms with Gasteiger partial charge in [-0.1, -0.05) is 67.7 Å². The highest BCUT2D eigenvalue weighted by atomic mass is 32.1. The maximum absolute atomic E-state index is 13.9. The largest absolute Gasteiger partial charge is 0.416 e. The van der Waals surface area contributed by atoms with E-state index < -0.39 is 40.8 Å². The lowest BCUT2D eigenvalue weighted by Crippen LogP contribution is -2.15. The molecule has 0 radical (unpaired) electrons. The highest BCUT2D eigenvalue weighted by molar-refractivity contribution is 7.14. The van der Waals surface area contributed by atoms with Crippen molar-refractivity contribution < 1.29 is 31.5 Å². The monoisotopic (exact) mass is 567 g/mol. The molecule has 1 aromatic carbocycles. The third-order valence-electron chi connectivity index (χ3n) is 4.96. The zero-order chi connectivity index (χ0) is 29.3. The molecule has 2 N–H and O–H groups in total. The number of carbonyl (C=O) groups excluding carboxylic acids is 1. The topological polar surface area (TPSA) is 63.2 Å². The molecule has 5 nitrogen and oxygen atoms in total. The van der Waals surface area contributed by atoms with E-state index in [1.54, 1.807) is 0 Å². The molecule has 0 spiro atoms. The SMILES string of the molecule is CC.CCCC.CCCCNc1nc(CNCCCC(C)C)sc1C(=O)Oc1c(F)c(F)c(F)c(F)c1F. The van der Waals surface area contributed by atoms with Crippen LogP contribution in [0, 0.1) is 35.0 Å². The van der Waals surface area contributed by atoms with Crippen LogP contribution in [-0.4, -0.2) is 24.0 Å². The van der Waals surface area contributed by atoms with Crippen LogP contribution in [0.5, 0.6) is 5.75 Å². The number of rotatable bonds is 13. The van der Waals surface area contributed by atoms with Gasteiger partial charge in [0.05, 0.1) is 0 Å². The summed E-state index contributed by atoms with van der Waals surface area (Å²) in [5.74, 6) is -13.3. The first-order valence-electron chi connectivity index (χ1n) is 13.3. The number of nitrogens with zero attached hydrogens (tertiary/aromatic N) is 1. The summed E-state index contributed by atoms with van der Waals surface area (Å²) < 4.78 is 72.4. The smallest absolute Gasteiger partial charge is 0.357 e. The number of carbonyl (C=O) groups is 1. The lowest BCUT2D eigenvalue weighted by molar-refractivity contribution is 0.0721. The van der Waals surface area contributed by atoms with Gasteiger partial charge in [-0.2, -0.15) is 8.78 Å². The van der Waals surface area contributed by atoms with Gasteiger partial charge in [0.1, 0.15) is 5.01 Å². The molecule has 0 amide bonds. The van der Waals surface area contributed by atoms with Crippen LogP contribution in [0.25, 0.3) is 0 Å². The minimum atomic E-state index is -2.33. The van der Waals surface area contributed by atoms with Crippen LogP contribution in [0.15, 0.2) is 0 Å². The highest BCUT2D eigenvalue weighted by Crippen LogP contribution is 2.31. The number of halogens is 5. The molecule has 0 bridgehead atoms. The maximum Gasteiger partial charge on any atom is 0.357 e. The number of aromatic nitrogens is 1. The van der Waals surface area contributed by atoms with Crippen molar-refractivity contribution in [3.05, 3.63) is 39.0 Å². The van der Waals surface area contributed by atoms with Gasteiger partial charge < -0.3 is 15.4 Å². The fourth-order valence-corrected chi connectivity index (χ4v) is 3.61. The molecule has 0 saturated heterocycles. The molecule has 11 heteroatoms. The van der Waals surface area contributed by atoms with E-state index in [0.717, 1.165) is 43.6 Å². The zero-order valence-electron chi connectivity index (χ0n) is 23.5. The van der Waals surface area contributed by atoms with Gasteiger partial charge in [-0.15, -0.1) is 11.3 Å². The van der Waals surface area contributed by atoms with Crippen molar-refractivity contribution in [2.24, 2.45) is 5.92 Å². The van der Waals surface area contributed by atoms with Crippen LogP contribution in [-0.2, 0) is 6.54 Å². The number of hydrogen-bond donors (Lipinski definition) is 2. The Balaban J connectivity index is 0.00000208. The summed E-state index contributed by atoms with van der Waals surface area (Å²) >= 11 is 0.915. The fraction of sp³-hybridized carbons (Fsp3) is 0.630. The Morgan fingerprint density at radius 3 is 1.92 bits per heavy atom. The van der Waals surface area contributed by atoms with E-state index in [0.29, 0.717) is 24.0 Å². The van der Waals surface area contributed by atoms with Gasteiger partial charge in [-0.3, -0.25) is 0 Å². The molecule has 0 aliphatic heterocycles. The minimum absolute atomic E-state index is 0.121. The van der Waals surface area contributed by atoms with E-state index in [-0.39, 0.29) is 10.7 Å². The number of unbranched alkanes of at least 4 members (excludes halogenated alkanes) is 2. The van der Waals surface area contributed by atoms with Gasteiger partial charge in [-0.25, -0.2) is 22.9 Å². The van der Waals surface area contributed by atoms with Crippen molar-refractivity contribution in [1.29, 1.82) is 0 Å². The molecular formula is C27H42F5N3O2S. The number of ether oxygens (including phenoxy) is 1. The second-order valence-corrected chi connectivity index (χ2v) is 9.65. The minimum Gasteiger partial charge on any atom is -0.416 e. The van der Waals surface area contributed by atoms with E-state index in [2.05, 4.69) is 48.0 Å². The summed E-state index contributed by atoms with van der Waals surface area (Å²) in [6, 6.07) is 0. The quantitative estimate of drug-likeness (QED) is 0.0634. The number of esters is 1. The predicted octanol–water partition coefficient (Wildman–Crippen LogP) is 8.63. The van der Waals surface area contributed by atoms with Gasteiger partial charge in [0, 0.05) is 13.1 Å². The number of anilines is 1. The van der Waals surface area contributed by atoms with Crippen LogP contribution in [0.2, 0.25) is 0 Å². The second-order valence-electron chi connectivity index (χ2n) is 8.57. The standard InChI is InChI=1S/C21H26F5N3O2S.C4H10.C2H6/c1-4-5-9-28-20-19(32-12(29-20)10-27-8-6-7-11(2)3)21(30)31-18-16(25)14(23)13(22)15(24)17(18)26;1-3-4-2;1-2/h11,27-28H,4-10H2,1-3H3;3-4H2,1-2H3;1-2H3. The third kappa shape index (κ3) is 11.6. The lowest BCUT2D eigenvalue weighted by atomic mass is 10.1. The fourth-order valence-electron chi connectivity index (χ4n) is 2.73. The van der Waals surface area contributed by atoms with Gasteiger partial charge in [0.25, 0.3) is 0 Å². The lowest BCUT2D eigenvalue weighted by Gasteiger charge is -2.09. The Hall–Kier alpha value is -2.27. The molecular weight excluding hydrogens is 525 g/mol. The van der Waals surface area contributed by atoms with E-state index in [1.165, 1.54) is 12.8 Å². The Morgan fingerprint density at radius 1 is 0.868 bits per heavy atom. The number of nitrogens with one attached hydrogen (secondary N) is 2.